The molecule has 1 aliphatic heterocycles. The Bertz CT molecular complexity index is 1120. The fourth-order valence-corrected chi connectivity index (χ4v) is 4.08. The van der Waals surface area contributed by atoms with Crippen LogP contribution in [0.3, 0.4) is 0 Å². The van der Waals surface area contributed by atoms with Crippen LogP contribution < -0.4 is 0 Å². The molecule has 1 aromatic carbocycles. The van der Waals surface area contributed by atoms with Gasteiger partial charge in [0.05, 0.1) is 16.6 Å². The predicted molar refractivity (Wildman–Crippen MR) is 100 cm³/mol. The van der Waals surface area contributed by atoms with Crippen LogP contribution in [0.2, 0.25) is 0 Å². The van der Waals surface area contributed by atoms with Crippen molar-refractivity contribution in [2.45, 2.75) is 38.1 Å². The topological polar surface area (TPSA) is 96.5 Å². The average molecular weight is 377 g/mol. The molecule has 0 spiro atoms. The van der Waals surface area contributed by atoms with Gasteiger partial charge in [0.1, 0.15) is 0 Å². The molecule has 1 N–H and O–H groups in total. The van der Waals surface area contributed by atoms with Gasteiger partial charge in [-0.05, 0) is 43.4 Å². The molecule has 0 saturated heterocycles. The molecule has 7 nitrogen and oxygen atoms in total. The molecule has 1 saturated carbocycles. The van der Waals surface area contributed by atoms with Crippen molar-refractivity contribution in [1.29, 1.82) is 0 Å². The number of aromatic nitrogens is 2. The van der Waals surface area contributed by atoms with Crippen molar-refractivity contribution in [3.63, 3.8) is 0 Å². The lowest BCUT2D eigenvalue weighted by Gasteiger charge is -2.35. The number of carboxylic acid groups (broad SMARTS) is 1. The van der Waals surface area contributed by atoms with E-state index in [0.29, 0.717) is 46.8 Å². The van der Waals surface area contributed by atoms with Gasteiger partial charge >= 0.3 is 5.97 Å². The van der Waals surface area contributed by atoms with Gasteiger partial charge in [-0.2, -0.15) is 0 Å². The van der Waals surface area contributed by atoms with Gasteiger partial charge < -0.3 is 14.5 Å². The quantitative estimate of drug-likeness (QED) is 0.753. The Hall–Kier alpha value is -3.22. The molecule has 142 valence electrons. The normalized spacial score (nSPS) is 18.9. The highest BCUT2D eigenvalue weighted by molar-refractivity contribution is 6.07. The highest BCUT2D eigenvalue weighted by Gasteiger charge is 2.38. The van der Waals surface area contributed by atoms with Crippen molar-refractivity contribution in [2.24, 2.45) is 0 Å². The lowest BCUT2D eigenvalue weighted by molar-refractivity contribution is -0.143. The fourth-order valence-electron chi connectivity index (χ4n) is 4.08. The number of rotatable bonds is 3. The number of carbonyl (C=O) groups is 2. The number of benzene rings is 1. The van der Waals surface area contributed by atoms with E-state index in [9.17, 15) is 14.7 Å². The van der Waals surface area contributed by atoms with Crippen molar-refractivity contribution in [1.82, 2.24) is 15.0 Å². The maximum Gasteiger partial charge on any atom is 0.331 e. The average Bonchev–Trinajstić information content (AvgIpc) is 3.49. The van der Waals surface area contributed by atoms with E-state index >= 15 is 0 Å². The zero-order valence-electron chi connectivity index (χ0n) is 15.4. The Morgan fingerprint density at radius 3 is 2.79 bits per heavy atom. The zero-order chi connectivity index (χ0) is 19.4. The van der Waals surface area contributed by atoms with Gasteiger partial charge in [-0.25, -0.2) is 9.78 Å². The van der Waals surface area contributed by atoms with Crippen LogP contribution in [0, 0.1) is 6.92 Å². The van der Waals surface area contributed by atoms with Crippen LogP contribution in [0.1, 0.15) is 57.7 Å². The summed E-state index contributed by atoms with van der Waals surface area (Å²) < 4.78 is 5.33. The third kappa shape index (κ3) is 2.58. The molecule has 2 aliphatic rings. The minimum absolute atomic E-state index is 0.317. The van der Waals surface area contributed by atoms with E-state index in [0.717, 1.165) is 24.1 Å². The van der Waals surface area contributed by atoms with E-state index in [1.54, 1.807) is 19.1 Å². The number of aliphatic carboxylic acids is 1. The lowest BCUT2D eigenvalue weighted by Crippen LogP contribution is -2.43. The summed E-state index contributed by atoms with van der Waals surface area (Å²) in [6.07, 6.45) is 2.69. The first-order valence-electron chi connectivity index (χ1n) is 9.43. The number of nitrogens with zero attached hydrogens (tertiary/aromatic N) is 3. The molecule has 7 heteroatoms. The molecule has 3 aromatic rings. The second kappa shape index (κ2) is 6.15. The van der Waals surface area contributed by atoms with Gasteiger partial charge in [-0.15, -0.1) is 0 Å². The molecule has 1 aliphatic carbocycles. The summed E-state index contributed by atoms with van der Waals surface area (Å²) >= 11 is 0. The van der Waals surface area contributed by atoms with Crippen LogP contribution in [0.4, 0.5) is 0 Å². The Labute approximate surface area is 161 Å². The standard InChI is InChI=1S/C21H19N3O4/c1-11-17-15(10-16(13-6-7-13)22-19(17)28-23-11)20(25)24-9-8-12-4-2-3-5-14(12)18(24)21(26)27/h2-5,10,13,18H,6-9H2,1H3,(H,26,27). The first-order valence-corrected chi connectivity index (χ1v) is 9.43. The number of carbonyl (C=O) groups excluding carboxylic acids is 1. The first-order chi connectivity index (χ1) is 13.5. The van der Waals surface area contributed by atoms with Crippen molar-refractivity contribution >= 4 is 23.0 Å². The summed E-state index contributed by atoms with van der Waals surface area (Å²) in [6, 6.07) is 8.20. The van der Waals surface area contributed by atoms with Gasteiger partial charge in [0.2, 0.25) is 0 Å². The van der Waals surface area contributed by atoms with Crippen LogP contribution in [-0.2, 0) is 11.2 Å². The van der Waals surface area contributed by atoms with E-state index in [-0.39, 0.29) is 5.91 Å². The summed E-state index contributed by atoms with van der Waals surface area (Å²) in [4.78, 5) is 31.6. The molecular formula is C21H19N3O4. The van der Waals surface area contributed by atoms with Crippen LogP contribution in [0.5, 0.6) is 0 Å². The molecule has 3 heterocycles. The molecule has 1 unspecified atom stereocenters. The Balaban J connectivity index is 1.63. The minimum Gasteiger partial charge on any atom is -0.479 e. The number of fused-ring (bicyclic) bond motifs is 2. The molecule has 0 radical (unpaired) electrons. The summed E-state index contributed by atoms with van der Waals surface area (Å²) in [6.45, 7) is 2.11. The minimum atomic E-state index is -1.03. The number of carboxylic acids is 1. The molecule has 1 atom stereocenters. The largest absolute Gasteiger partial charge is 0.479 e. The molecule has 1 fully saturated rings. The van der Waals surface area contributed by atoms with Crippen molar-refractivity contribution in [3.05, 3.63) is 58.4 Å². The Morgan fingerprint density at radius 2 is 2.04 bits per heavy atom. The summed E-state index contributed by atoms with van der Waals surface area (Å²) in [5, 5.41) is 14.4. The fraction of sp³-hybridized carbons (Fsp3) is 0.333. The van der Waals surface area contributed by atoms with Crippen LogP contribution in [0.15, 0.2) is 34.9 Å². The Kier molecular flexibility index (Phi) is 3.72. The monoisotopic (exact) mass is 377 g/mol. The zero-order valence-corrected chi connectivity index (χ0v) is 15.4. The van der Waals surface area contributed by atoms with Gasteiger partial charge in [-0.1, -0.05) is 29.4 Å². The van der Waals surface area contributed by atoms with E-state index in [2.05, 4.69) is 10.1 Å². The van der Waals surface area contributed by atoms with E-state index in [1.807, 2.05) is 18.2 Å². The van der Waals surface area contributed by atoms with Crippen LogP contribution in [0.25, 0.3) is 11.1 Å². The van der Waals surface area contributed by atoms with E-state index in [1.165, 1.54) is 4.90 Å². The van der Waals surface area contributed by atoms with Crippen LogP contribution in [-0.4, -0.2) is 38.6 Å². The van der Waals surface area contributed by atoms with Crippen molar-refractivity contribution in [2.75, 3.05) is 6.54 Å². The third-order valence-electron chi connectivity index (χ3n) is 5.64. The second-order valence-electron chi connectivity index (χ2n) is 7.51. The SMILES string of the molecule is Cc1noc2nc(C3CC3)cc(C(=O)N3CCc4ccccc4C3C(=O)O)c12. The van der Waals surface area contributed by atoms with Crippen molar-refractivity contribution in [3.8, 4) is 0 Å². The molecule has 0 bridgehead atoms. The van der Waals surface area contributed by atoms with Gasteiger partial charge in [-0.3, -0.25) is 4.79 Å². The lowest BCUT2D eigenvalue weighted by atomic mass is 9.91. The number of amides is 1. The van der Waals surface area contributed by atoms with Gasteiger partial charge in [0.15, 0.2) is 6.04 Å². The maximum atomic E-state index is 13.5. The highest BCUT2D eigenvalue weighted by atomic mass is 16.5. The summed E-state index contributed by atoms with van der Waals surface area (Å²) in [7, 11) is 0. The number of hydrogen-bond donors (Lipinski definition) is 1. The molecular weight excluding hydrogens is 358 g/mol. The second-order valence-corrected chi connectivity index (χ2v) is 7.51. The molecule has 5 rings (SSSR count). The van der Waals surface area contributed by atoms with E-state index < -0.39 is 12.0 Å². The van der Waals surface area contributed by atoms with E-state index in [4.69, 9.17) is 4.52 Å². The maximum absolute atomic E-state index is 13.5. The molecule has 2 aromatic heterocycles. The summed E-state index contributed by atoms with van der Waals surface area (Å²) in [5.41, 5.74) is 3.81. The molecule has 28 heavy (non-hydrogen) atoms. The predicted octanol–water partition coefficient (Wildman–Crippen LogP) is 3.23. The number of hydrogen-bond acceptors (Lipinski definition) is 5. The van der Waals surface area contributed by atoms with Gasteiger partial charge in [0.25, 0.3) is 11.6 Å². The highest BCUT2D eigenvalue weighted by Crippen LogP contribution is 2.41. The molecule has 1 amide bonds. The Morgan fingerprint density at radius 1 is 1.25 bits per heavy atom. The summed E-state index contributed by atoms with van der Waals surface area (Å²) in [5.74, 6) is -1.02. The van der Waals surface area contributed by atoms with Crippen molar-refractivity contribution < 1.29 is 19.2 Å². The van der Waals surface area contributed by atoms with Gasteiger partial charge in [0, 0.05) is 18.2 Å². The number of pyridine rings is 1. The number of aryl methyl sites for hydroxylation is 1. The van der Waals surface area contributed by atoms with Crippen LogP contribution >= 0.6 is 0 Å². The smallest absolute Gasteiger partial charge is 0.331 e. The third-order valence-corrected chi connectivity index (χ3v) is 5.64. The first kappa shape index (κ1) is 16.9.